The minimum Gasteiger partial charge on any atom is -0.475 e. The van der Waals surface area contributed by atoms with Gasteiger partial charge in [-0.25, -0.2) is 15.0 Å². The number of nitrogens with zero attached hydrogens (tertiary/aromatic N) is 4. The molecule has 2 heterocycles. The highest BCUT2D eigenvalue weighted by atomic mass is 127. The Kier molecular flexibility index (Phi) is 10.1. The molecule has 6 nitrogen and oxygen atoms in total. The number of aromatic nitrogens is 2. The first-order chi connectivity index (χ1) is 11.6. The van der Waals surface area contributed by atoms with E-state index < -0.39 is 0 Å². The van der Waals surface area contributed by atoms with Crippen LogP contribution in [-0.2, 0) is 6.54 Å². The van der Waals surface area contributed by atoms with Gasteiger partial charge in [0.1, 0.15) is 11.6 Å². The van der Waals surface area contributed by atoms with Gasteiger partial charge in [-0.05, 0) is 26.0 Å². The summed E-state index contributed by atoms with van der Waals surface area (Å²) >= 11 is 7.66. The van der Waals surface area contributed by atoms with Gasteiger partial charge in [-0.15, -0.1) is 35.3 Å². The summed E-state index contributed by atoms with van der Waals surface area (Å²) < 4.78 is 5.56. The zero-order chi connectivity index (χ0) is 17.4. The first-order valence-corrected chi connectivity index (χ1v) is 8.99. The molecule has 0 unspecified atom stereocenters. The molecular formula is C16H23ClIN5OS. The van der Waals surface area contributed by atoms with Crippen molar-refractivity contribution in [1.29, 1.82) is 0 Å². The van der Waals surface area contributed by atoms with Crippen LogP contribution < -0.4 is 10.1 Å². The smallest absolute Gasteiger partial charge is 0.232 e. The van der Waals surface area contributed by atoms with Gasteiger partial charge in [0.25, 0.3) is 0 Å². The zero-order valence-electron chi connectivity index (χ0n) is 14.5. The number of rotatable bonds is 7. The van der Waals surface area contributed by atoms with E-state index in [0.717, 1.165) is 23.2 Å². The summed E-state index contributed by atoms with van der Waals surface area (Å²) in [6, 6.07) is 3.52. The van der Waals surface area contributed by atoms with E-state index in [4.69, 9.17) is 16.3 Å². The third-order valence-electron chi connectivity index (χ3n) is 3.08. The van der Waals surface area contributed by atoms with Crippen molar-refractivity contribution in [2.24, 2.45) is 4.99 Å². The van der Waals surface area contributed by atoms with Crippen LogP contribution in [0, 0.1) is 6.92 Å². The predicted molar refractivity (Wildman–Crippen MR) is 114 cm³/mol. The normalized spacial score (nSPS) is 11.0. The molecule has 0 radical (unpaired) electrons. The molecule has 2 aromatic heterocycles. The lowest BCUT2D eigenvalue weighted by Crippen LogP contribution is -2.38. The van der Waals surface area contributed by atoms with Crippen molar-refractivity contribution >= 4 is 52.9 Å². The average Bonchev–Trinajstić information content (AvgIpc) is 2.96. The fourth-order valence-electron chi connectivity index (χ4n) is 2.04. The molecule has 1 N–H and O–H groups in total. The number of aryl methyl sites for hydroxylation is 1. The van der Waals surface area contributed by atoms with Gasteiger partial charge in [-0.1, -0.05) is 11.6 Å². The van der Waals surface area contributed by atoms with Crippen molar-refractivity contribution < 1.29 is 4.74 Å². The maximum absolute atomic E-state index is 6.01. The SMILES string of the molecule is CCNC(=NCCOc1ncccc1Cl)N(C)Cc1csc(C)n1.I. The summed E-state index contributed by atoms with van der Waals surface area (Å²) in [6.45, 7) is 6.48. The van der Waals surface area contributed by atoms with Gasteiger partial charge in [0, 0.05) is 25.2 Å². The van der Waals surface area contributed by atoms with Gasteiger partial charge in [0.2, 0.25) is 5.88 Å². The fraction of sp³-hybridized carbons (Fsp3) is 0.438. The summed E-state index contributed by atoms with van der Waals surface area (Å²) in [7, 11) is 1.99. The highest BCUT2D eigenvalue weighted by molar-refractivity contribution is 14.0. The number of guanidine groups is 1. The Hall–Kier alpha value is -1.13. The first kappa shape index (κ1) is 21.9. The second-order valence-electron chi connectivity index (χ2n) is 5.09. The largest absolute Gasteiger partial charge is 0.475 e. The lowest BCUT2D eigenvalue weighted by Gasteiger charge is -2.21. The Labute approximate surface area is 174 Å². The van der Waals surface area contributed by atoms with Crippen LogP contribution in [0.2, 0.25) is 5.02 Å². The lowest BCUT2D eigenvalue weighted by atomic mass is 10.4. The molecule has 2 aromatic rings. The maximum atomic E-state index is 6.01. The summed E-state index contributed by atoms with van der Waals surface area (Å²) in [5.74, 6) is 1.25. The molecule has 0 aliphatic rings. The lowest BCUT2D eigenvalue weighted by molar-refractivity contribution is 0.315. The molecule has 0 atom stereocenters. The Morgan fingerprint density at radius 1 is 1.48 bits per heavy atom. The van der Waals surface area contributed by atoms with Crippen molar-refractivity contribution in [1.82, 2.24) is 20.2 Å². The minimum absolute atomic E-state index is 0. The van der Waals surface area contributed by atoms with E-state index in [1.807, 2.05) is 25.8 Å². The number of nitrogens with one attached hydrogen (secondary N) is 1. The number of aliphatic imine (C=N–C) groups is 1. The molecule has 9 heteroatoms. The van der Waals surface area contributed by atoms with Crippen LogP contribution in [0.25, 0.3) is 0 Å². The van der Waals surface area contributed by atoms with E-state index in [9.17, 15) is 0 Å². The highest BCUT2D eigenvalue weighted by Gasteiger charge is 2.08. The minimum atomic E-state index is 0. The molecule has 0 fully saturated rings. The summed E-state index contributed by atoms with van der Waals surface area (Å²) in [5, 5.41) is 6.92. The van der Waals surface area contributed by atoms with Gasteiger partial charge in [0.15, 0.2) is 5.96 Å². The van der Waals surface area contributed by atoms with Gasteiger partial charge in [0.05, 0.1) is 23.8 Å². The van der Waals surface area contributed by atoms with Crippen molar-refractivity contribution in [3.8, 4) is 5.88 Å². The molecule has 0 aromatic carbocycles. The van der Waals surface area contributed by atoms with E-state index >= 15 is 0 Å². The molecule has 0 bridgehead atoms. The Bertz CT molecular complexity index is 682. The third-order valence-corrected chi connectivity index (χ3v) is 4.19. The van der Waals surface area contributed by atoms with Gasteiger partial charge in [-0.3, -0.25) is 0 Å². The van der Waals surface area contributed by atoms with Crippen molar-refractivity contribution in [3.63, 3.8) is 0 Å². The van der Waals surface area contributed by atoms with E-state index in [2.05, 4.69) is 25.7 Å². The monoisotopic (exact) mass is 495 g/mol. The molecule has 0 amide bonds. The van der Waals surface area contributed by atoms with E-state index in [1.54, 1.807) is 29.7 Å². The number of ether oxygens (including phenoxy) is 1. The molecular weight excluding hydrogens is 473 g/mol. The number of halogens is 2. The molecule has 0 aliphatic heterocycles. The maximum Gasteiger partial charge on any atom is 0.232 e. The molecule has 138 valence electrons. The Morgan fingerprint density at radius 2 is 2.28 bits per heavy atom. The van der Waals surface area contributed by atoms with E-state index in [0.29, 0.717) is 30.6 Å². The Morgan fingerprint density at radius 3 is 2.92 bits per heavy atom. The Balaban J connectivity index is 0.00000312. The van der Waals surface area contributed by atoms with Gasteiger partial charge >= 0.3 is 0 Å². The molecule has 0 saturated carbocycles. The summed E-state index contributed by atoms with van der Waals surface area (Å²) in [4.78, 5) is 15.2. The third kappa shape index (κ3) is 7.33. The van der Waals surface area contributed by atoms with Crippen molar-refractivity contribution in [3.05, 3.63) is 39.4 Å². The van der Waals surface area contributed by atoms with Gasteiger partial charge < -0.3 is 15.0 Å². The molecule has 0 spiro atoms. The fourth-order valence-corrected chi connectivity index (χ4v) is 2.82. The number of pyridine rings is 1. The van der Waals surface area contributed by atoms with Crippen LogP contribution in [0.15, 0.2) is 28.7 Å². The topological polar surface area (TPSA) is 62.6 Å². The molecule has 2 rings (SSSR count). The van der Waals surface area contributed by atoms with Crippen molar-refractivity contribution in [2.75, 3.05) is 26.7 Å². The van der Waals surface area contributed by atoms with Crippen LogP contribution in [0.4, 0.5) is 0 Å². The number of hydrogen-bond acceptors (Lipinski definition) is 5. The van der Waals surface area contributed by atoms with Crippen LogP contribution in [-0.4, -0.2) is 47.6 Å². The highest BCUT2D eigenvalue weighted by Crippen LogP contribution is 2.19. The first-order valence-electron chi connectivity index (χ1n) is 7.74. The van der Waals surface area contributed by atoms with Crippen molar-refractivity contribution in [2.45, 2.75) is 20.4 Å². The average molecular weight is 496 g/mol. The second-order valence-corrected chi connectivity index (χ2v) is 6.56. The number of hydrogen-bond donors (Lipinski definition) is 1. The predicted octanol–water partition coefficient (Wildman–Crippen LogP) is 3.59. The van der Waals surface area contributed by atoms with Crippen LogP contribution in [0.3, 0.4) is 0 Å². The molecule has 0 aliphatic carbocycles. The van der Waals surface area contributed by atoms with E-state index in [-0.39, 0.29) is 24.0 Å². The van der Waals surface area contributed by atoms with Crippen LogP contribution in [0.1, 0.15) is 17.6 Å². The van der Waals surface area contributed by atoms with Gasteiger partial charge in [-0.2, -0.15) is 0 Å². The standard InChI is InChI=1S/C16H22ClN5OS.HI/c1-4-18-16(22(3)10-13-11-24-12(2)21-13)20-8-9-23-15-14(17)6-5-7-19-15;/h5-7,11H,4,8-10H2,1-3H3,(H,18,20);1H. The second kappa shape index (κ2) is 11.5. The molecule has 0 saturated heterocycles. The summed E-state index contributed by atoms with van der Waals surface area (Å²) in [5.41, 5.74) is 1.04. The molecule has 25 heavy (non-hydrogen) atoms. The summed E-state index contributed by atoms with van der Waals surface area (Å²) in [6.07, 6.45) is 1.65. The van der Waals surface area contributed by atoms with Crippen LogP contribution >= 0.6 is 46.9 Å². The zero-order valence-corrected chi connectivity index (χ0v) is 18.4. The number of thiazole rings is 1. The van der Waals surface area contributed by atoms with Crippen LogP contribution in [0.5, 0.6) is 5.88 Å². The quantitative estimate of drug-likeness (QED) is 0.275. The van der Waals surface area contributed by atoms with E-state index in [1.165, 1.54) is 0 Å².